The van der Waals surface area contributed by atoms with Gasteiger partial charge in [-0.05, 0) is 31.4 Å². The van der Waals surface area contributed by atoms with Crippen molar-refractivity contribution in [3.63, 3.8) is 0 Å². The second-order valence-corrected chi connectivity index (χ2v) is 6.14. The molecule has 126 valence electrons. The molecule has 0 saturated carbocycles. The Labute approximate surface area is 141 Å². The molecule has 1 aromatic heterocycles. The molecule has 3 rings (SSSR count). The highest BCUT2D eigenvalue weighted by Crippen LogP contribution is 2.33. The van der Waals surface area contributed by atoms with Crippen LogP contribution >= 0.6 is 0 Å². The van der Waals surface area contributed by atoms with Crippen molar-refractivity contribution in [2.45, 2.75) is 25.9 Å². The molecule has 1 fully saturated rings. The summed E-state index contributed by atoms with van der Waals surface area (Å²) in [5.41, 5.74) is 2.43. The lowest BCUT2D eigenvalue weighted by molar-refractivity contribution is -0.385. The minimum Gasteiger partial charge on any atom is -0.373 e. The van der Waals surface area contributed by atoms with E-state index in [0.29, 0.717) is 11.7 Å². The van der Waals surface area contributed by atoms with Gasteiger partial charge in [-0.15, -0.1) is 0 Å². The monoisotopic (exact) mass is 327 g/mol. The Morgan fingerprint density at radius 1 is 1.29 bits per heavy atom. The predicted octanol–water partition coefficient (Wildman–Crippen LogP) is 3.88. The van der Waals surface area contributed by atoms with Gasteiger partial charge < -0.3 is 10.1 Å². The molecule has 2 atom stereocenters. The van der Waals surface area contributed by atoms with Crippen LogP contribution in [0.15, 0.2) is 42.6 Å². The van der Waals surface area contributed by atoms with Gasteiger partial charge in [-0.3, -0.25) is 10.1 Å². The lowest BCUT2D eigenvalue weighted by Gasteiger charge is -2.32. The quantitative estimate of drug-likeness (QED) is 0.666. The fourth-order valence-corrected chi connectivity index (χ4v) is 3.01. The molecule has 1 N–H and O–H groups in total. The van der Waals surface area contributed by atoms with Gasteiger partial charge in [0.2, 0.25) is 0 Å². The van der Waals surface area contributed by atoms with E-state index in [4.69, 9.17) is 4.74 Å². The Kier molecular flexibility index (Phi) is 5.05. The number of aryl methyl sites for hydroxylation is 1. The number of rotatable bonds is 5. The SMILES string of the molecule is Cc1ccc(C2OCCCC2CNc2ccc([N+](=O)[O-])cn2)cc1. The van der Waals surface area contributed by atoms with Crippen molar-refractivity contribution in [3.05, 3.63) is 63.8 Å². The number of nitrogens with one attached hydrogen (secondary N) is 1. The number of ether oxygens (including phenoxy) is 1. The fourth-order valence-electron chi connectivity index (χ4n) is 3.01. The fraction of sp³-hybridized carbons (Fsp3) is 0.389. The summed E-state index contributed by atoms with van der Waals surface area (Å²) in [6, 6.07) is 11.6. The molecule has 2 unspecified atom stereocenters. The number of nitro groups is 1. The number of pyridine rings is 1. The summed E-state index contributed by atoms with van der Waals surface area (Å²) in [5.74, 6) is 0.993. The van der Waals surface area contributed by atoms with Crippen molar-refractivity contribution < 1.29 is 9.66 Å². The number of anilines is 1. The van der Waals surface area contributed by atoms with E-state index in [0.717, 1.165) is 26.0 Å². The number of aromatic nitrogens is 1. The number of hydrogen-bond acceptors (Lipinski definition) is 5. The summed E-state index contributed by atoms with van der Waals surface area (Å²) in [6.45, 7) is 3.58. The largest absolute Gasteiger partial charge is 0.373 e. The second-order valence-electron chi connectivity index (χ2n) is 6.14. The molecule has 0 spiro atoms. The van der Waals surface area contributed by atoms with Crippen molar-refractivity contribution >= 4 is 11.5 Å². The van der Waals surface area contributed by atoms with E-state index in [1.165, 1.54) is 23.4 Å². The first kappa shape index (κ1) is 16.4. The van der Waals surface area contributed by atoms with Gasteiger partial charge in [0.15, 0.2) is 0 Å². The summed E-state index contributed by atoms with van der Waals surface area (Å²) in [7, 11) is 0. The van der Waals surface area contributed by atoms with Crippen molar-refractivity contribution in [3.8, 4) is 0 Å². The molecule has 2 heterocycles. The van der Waals surface area contributed by atoms with Gasteiger partial charge in [-0.1, -0.05) is 29.8 Å². The zero-order chi connectivity index (χ0) is 16.9. The lowest BCUT2D eigenvalue weighted by atomic mass is 9.89. The molecule has 6 nitrogen and oxygen atoms in total. The van der Waals surface area contributed by atoms with Gasteiger partial charge in [0.25, 0.3) is 5.69 Å². The first-order chi connectivity index (χ1) is 11.6. The van der Waals surface area contributed by atoms with E-state index in [1.54, 1.807) is 6.07 Å². The van der Waals surface area contributed by atoms with Crippen LogP contribution in [0.4, 0.5) is 11.5 Å². The molecule has 0 aliphatic carbocycles. The third kappa shape index (κ3) is 3.89. The maximum Gasteiger partial charge on any atom is 0.287 e. The second kappa shape index (κ2) is 7.40. The first-order valence-corrected chi connectivity index (χ1v) is 8.16. The molecular formula is C18H21N3O3. The van der Waals surface area contributed by atoms with Crippen LogP contribution < -0.4 is 5.32 Å². The van der Waals surface area contributed by atoms with Crippen LogP contribution in [-0.2, 0) is 4.74 Å². The van der Waals surface area contributed by atoms with Crippen molar-refractivity contribution in [1.29, 1.82) is 0 Å². The van der Waals surface area contributed by atoms with Crippen molar-refractivity contribution in [2.75, 3.05) is 18.5 Å². The third-order valence-electron chi connectivity index (χ3n) is 4.35. The zero-order valence-electron chi connectivity index (χ0n) is 13.6. The summed E-state index contributed by atoms with van der Waals surface area (Å²) in [5, 5.41) is 13.9. The summed E-state index contributed by atoms with van der Waals surface area (Å²) < 4.78 is 6.01. The molecule has 1 aromatic carbocycles. The summed E-state index contributed by atoms with van der Waals surface area (Å²) >= 11 is 0. The molecule has 2 aromatic rings. The first-order valence-electron chi connectivity index (χ1n) is 8.16. The van der Waals surface area contributed by atoms with E-state index >= 15 is 0 Å². The van der Waals surface area contributed by atoms with Gasteiger partial charge in [-0.2, -0.15) is 0 Å². The Hall–Kier alpha value is -2.47. The highest BCUT2D eigenvalue weighted by atomic mass is 16.6. The Bertz CT molecular complexity index is 686. The van der Waals surface area contributed by atoms with Crippen LogP contribution in [0.1, 0.15) is 30.1 Å². The maximum atomic E-state index is 10.7. The average molecular weight is 327 g/mol. The molecule has 1 aliphatic heterocycles. The highest BCUT2D eigenvalue weighted by Gasteiger charge is 2.27. The Morgan fingerprint density at radius 3 is 2.75 bits per heavy atom. The van der Waals surface area contributed by atoms with E-state index in [9.17, 15) is 10.1 Å². The molecule has 6 heteroatoms. The third-order valence-corrected chi connectivity index (χ3v) is 4.35. The molecule has 24 heavy (non-hydrogen) atoms. The average Bonchev–Trinajstić information content (AvgIpc) is 2.61. The lowest BCUT2D eigenvalue weighted by Crippen LogP contribution is -2.28. The van der Waals surface area contributed by atoms with Crippen LogP contribution in [0.25, 0.3) is 0 Å². The molecule has 0 amide bonds. The Balaban J connectivity index is 1.65. The smallest absolute Gasteiger partial charge is 0.287 e. The van der Waals surface area contributed by atoms with E-state index in [-0.39, 0.29) is 11.8 Å². The van der Waals surface area contributed by atoms with Gasteiger partial charge in [0.1, 0.15) is 12.0 Å². The van der Waals surface area contributed by atoms with Gasteiger partial charge >= 0.3 is 0 Å². The van der Waals surface area contributed by atoms with E-state index < -0.39 is 4.92 Å². The summed E-state index contributed by atoms with van der Waals surface area (Å²) in [6.07, 6.45) is 3.47. The number of benzene rings is 1. The minimum atomic E-state index is -0.445. The van der Waals surface area contributed by atoms with Gasteiger partial charge in [0, 0.05) is 25.1 Å². The normalized spacial score (nSPS) is 20.5. The van der Waals surface area contributed by atoms with Crippen LogP contribution in [0, 0.1) is 23.0 Å². The predicted molar refractivity (Wildman–Crippen MR) is 92.0 cm³/mol. The molecule has 1 aliphatic rings. The molecule has 0 radical (unpaired) electrons. The zero-order valence-corrected chi connectivity index (χ0v) is 13.6. The van der Waals surface area contributed by atoms with Crippen LogP contribution in [0.2, 0.25) is 0 Å². The van der Waals surface area contributed by atoms with E-state index in [1.807, 2.05) is 0 Å². The van der Waals surface area contributed by atoms with Crippen molar-refractivity contribution in [2.24, 2.45) is 5.92 Å². The molecular weight excluding hydrogens is 306 g/mol. The molecule has 0 bridgehead atoms. The summed E-state index contributed by atoms with van der Waals surface area (Å²) in [4.78, 5) is 14.3. The van der Waals surface area contributed by atoms with Crippen molar-refractivity contribution in [1.82, 2.24) is 4.98 Å². The van der Waals surface area contributed by atoms with Gasteiger partial charge in [-0.25, -0.2) is 4.98 Å². The topological polar surface area (TPSA) is 77.3 Å². The standard InChI is InChI=1S/C18H21N3O3/c1-13-4-6-14(7-5-13)18-15(3-2-10-24-18)11-19-17-9-8-16(12-20-17)21(22)23/h4-9,12,15,18H,2-3,10-11H2,1H3,(H,19,20). The van der Waals surface area contributed by atoms with Crippen LogP contribution in [0.5, 0.6) is 0 Å². The number of hydrogen-bond donors (Lipinski definition) is 1. The van der Waals surface area contributed by atoms with Crippen LogP contribution in [-0.4, -0.2) is 23.1 Å². The number of nitrogens with zero attached hydrogens (tertiary/aromatic N) is 2. The highest BCUT2D eigenvalue weighted by molar-refractivity contribution is 5.40. The Morgan fingerprint density at radius 2 is 2.08 bits per heavy atom. The van der Waals surface area contributed by atoms with E-state index in [2.05, 4.69) is 41.5 Å². The minimum absolute atomic E-state index is 0.000850. The maximum absolute atomic E-state index is 10.7. The van der Waals surface area contributed by atoms with Crippen LogP contribution in [0.3, 0.4) is 0 Å². The van der Waals surface area contributed by atoms with Gasteiger partial charge in [0.05, 0.1) is 11.0 Å². The molecule has 1 saturated heterocycles.